The van der Waals surface area contributed by atoms with Gasteiger partial charge >= 0.3 is 0 Å². The summed E-state index contributed by atoms with van der Waals surface area (Å²) in [6.45, 7) is 17.4. The molecule has 110 valence electrons. The lowest BCUT2D eigenvalue weighted by Gasteiger charge is -2.16. The molecule has 0 radical (unpaired) electrons. The van der Waals surface area contributed by atoms with E-state index in [1.807, 2.05) is 11.3 Å². The molecule has 1 aromatic heterocycles. The zero-order valence-electron chi connectivity index (χ0n) is 13.3. The van der Waals surface area contributed by atoms with Crippen LogP contribution in [0.15, 0.2) is 0 Å². The van der Waals surface area contributed by atoms with E-state index in [0.29, 0.717) is 11.8 Å². The first-order valence-corrected chi connectivity index (χ1v) is 8.26. The lowest BCUT2D eigenvalue weighted by Crippen LogP contribution is -2.21. The summed E-state index contributed by atoms with van der Waals surface area (Å²) in [5.41, 5.74) is 1.27. The Hall–Kier alpha value is -0.610. The van der Waals surface area contributed by atoms with Crippen molar-refractivity contribution in [1.29, 1.82) is 0 Å². The van der Waals surface area contributed by atoms with Crippen molar-refractivity contribution in [3.8, 4) is 0 Å². The normalized spacial score (nSPS) is 11.6. The van der Waals surface area contributed by atoms with Crippen LogP contribution in [0.25, 0.3) is 0 Å². The van der Waals surface area contributed by atoms with Crippen molar-refractivity contribution >= 4 is 16.5 Å². The maximum Gasteiger partial charge on any atom is 0.185 e. The Morgan fingerprint density at radius 1 is 1.16 bits per heavy atom. The molecule has 19 heavy (non-hydrogen) atoms. The van der Waals surface area contributed by atoms with E-state index in [1.165, 1.54) is 15.7 Å². The van der Waals surface area contributed by atoms with Gasteiger partial charge in [0.25, 0.3) is 0 Å². The predicted molar refractivity (Wildman–Crippen MR) is 86.3 cm³/mol. The molecule has 0 unspecified atom stereocenters. The molecule has 0 aliphatic heterocycles. The number of aromatic nitrogens is 1. The van der Waals surface area contributed by atoms with E-state index in [4.69, 9.17) is 4.98 Å². The monoisotopic (exact) mass is 283 g/mol. The molecule has 0 spiro atoms. The summed E-state index contributed by atoms with van der Waals surface area (Å²) in [5, 5.41) is 4.71. The summed E-state index contributed by atoms with van der Waals surface area (Å²) in [5.74, 6) is 1.19. The Kier molecular flexibility index (Phi) is 6.80. The van der Waals surface area contributed by atoms with Gasteiger partial charge in [-0.3, -0.25) is 0 Å². The van der Waals surface area contributed by atoms with E-state index < -0.39 is 0 Å². The van der Waals surface area contributed by atoms with Gasteiger partial charge < -0.3 is 10.2 Å². The molecule has 0 bridgehead atoms. The van der Waals surface area contributed by atoms with Crippen LogP contribution in [0.1, 0.15) is 58.0 Å². The minimum atomic E-state index is 0.497. The topological polar surface area (TPSA) is 28.2 Å². The number of hydrogen-bond donors (Lipinski definition) is 1. The molecular formula is C15H29N3S. The Morgan fingerprint density at radius 3 is 2.26 bits per heavy atom. The van der Waals surface area contributed by atoms with Crippen LogP contribution < -0.4 is 10.2 Å². The number of nitrogens with one attached hydrogen (secondary N) is 1. The van der Waals surface area contributed by atoms with Crippen molar-refractivity contribution < 1.29 is 0 Å². The first-order chi connectivity index (χ1) is 8.99. The third kappa shape index (κ3) is 4.77. The van der Waals surface area contributed by atoms with E-state index >= 15 is 0 Å². The molecule has 1 N–H and O–H groups in total. The maximum atomic E-state index is 4.85. The number of anilines is 1. The van der Waals surface area contributed by atoms with Crippen LogP contribution in [0.4, 0.5) is 5.13 Å². The van der Waals surface area contributed by atoms with E-state index in [1.54, 1.807) is 0 Å². The summed E-state index contributed by atoms with van der Waals surface area (Å²) in [4.78, 5) is 8.59. The highest BCUT2D eigenvalue weighted by atomic mass is 32.1. The van der Waals surface area contributed by atoms with E-state index in [9.17, 15) is 0 Å². The first kappa shape index (κ1) is 16.4. The van der Waals surface area contributed by atoms with Crippen molar-refractivity contribution in [3.05, 3.63) is 10.6 Å². The molecule has 1 heterocycles. The standard InChI is InChI=1S/C15H29N3S/c1-7-18(8-2)15-17-14(12(5)6)13(19-15)10-16-9-11(3)4/h11-12,16H,7-10H2,1-6H3. The van der Waals surface area contributed by atoms with Crippen molar-refractivity contribution in [2.45, 2.75) is 54.0 Å². The first-order valence-electron chi connectivity index (χ1n) is 7.44. The maximum absolute atomic E-state index is 4.85. The highest BCUT2D eigenvalue weighted by Crippen LogP contribution is 2.30. The van der Waals surface area contributed by atoms with Crippen LogP contribution in [0.5, 0.6) is 0 Å². The van der Waals surface area contributed by atoms with Crippen molar-refractivity contribution in [1.82, 2.24) is 10.3 Å². The van der Waals surface area contributed by atoms with Gasteiger partial charge in [0.15, 0.2) is 5.13 Å². The van der Waals surface area contributed by atoms with Gasteiger partial charge in [-0.25, -0.2) is 4.98 Å². The zero-order chi connectivity index (χ0) is 14.4. The fourth-order valence-corrected chi connectivity index (χ4v) is 3.34. The lowest BCUT2D eigenvalue weighted by molar-refractivity contribution is 0.552. The van der Waals surface area contributed by atoms with Gasteiger partial charge in [0.2, 0.25) is 0 Å². The Labute approximate surface area is 122 Å². The lowest BCUT2D eigenvalue weighted by atomic mass is 10.1. The number of rotatable bonds is 8. The minimum absolute atomic E-state index is 0.497. The average Bonchev–Trinajstić information content (AvgIpc) is 2.74. The number of nitrogens with zero attached hydrogens (tertiary/aromatic N) is 2. The SMILES string of the molecule is CCN(CC)c1nc(C(C)C)c(CNCC(C)C)s1. The van der Waals surface area contributed by atoms with E-state index in [2.05, 4.69) is 51.8 Å². The second kappa shape index (κ2) is 7.85. The molecule has 1 rings (SSSR count). The largest absolute Gasteiger partial charge is 0.349 e. The Bertz CT molecular complexity index is 367. The Morgan fingerprint density at radius 2 is 1.79 bits per heavy atom. The van der Waals surface area contributed by atoms with Gasteiger partial charge in [-0.2, -0.15) is 0 Å². The molecule has 0 saturated heterocycles. The van der Waals surface area contributed by atoms with Crippen LogP contribution in [0.3, 0.4) is 0 Å². The molecule has 0 aliphatic rings. The molecule has 0 atom stereocenters. The third-order valence-electron chi connectivity index (χ3n) is 3.14. The van der Waals surface area contributed by atoms with Crippen molar-refractivity contribution in [2.24, 2.45) is 5.92 Å². The summed E-state index contributed by atoms with van der Waals surface area (Å²) < 4.78 is 0. The highest BCUT2D eigenvalue weighted by molar-refractivity contribution is 7.15. The average molecular weight is 283 g/mol. The van der Waals surface area contributed by atoms with Crippen molar-refractivity contribution in [3.63, 3.8) is 0 Å². The van der Waals surface area contributed by atoms with Gasteiger partial charge in [0.05, 0.1) is 5.69 Å². The number of thiazole rings is 1. The van der Waals surface area contributed by atoms with Crippen LogP contribution >= 0.6 is 11.3 Å². The van der Waals surface area contributed by atoms with Gasteiger partial charge in [0.1, 0.15) is 0 Å². The molecule has 0 aromatic carbocycles. The second-order valence-corrected chi connectivity index (χ2v) is 6.72. The second-order valence-electron chi connectivity index (χ2n) is 5.66. The number of hydrogen-bond acceptors (Lipinski definition) is 4. The molecule has 0 saturated carbocycles. The summed E-state index contributed by atoms with van der Waals surface area (Å²) in [6, 6.07) is 0. The molecule has 0 amide bonds. The van der Waals surface area contributed by atoms with E-state index in [0.717, 1.165) is 26.2 Å². The van der Waals surface area contributed by atoms with Gasteiger partial charge in [-0.05, 0) is 32.2 Å². The van der Waals surface area contributed by atoms with Crippen LogP contribution in [-0.2, 0) is 6.54 Å². The molecule has 1 aromatic rings. The fraction of sp³-hybridized carbons (Fsp3) is 0.800. The van der Waals surface area contributed by atoms with E-state index in [-0.39, 0.29) is 0 Å². The molecule has 0 aliphatic carbocycles. The predicted octanol–water partition coefficient (Wildman–Crippen LogP) is 3.86. The molecular weight excluding hydrogens is 254 g/mol. The molecule has 3 nitrogen and oxygen atoms in total. The molecule has 4 heteroatoms. The van der Waals surface area contributed by atoms with Crippen LogP contribution in [-0.4, -0.2) is 24.6 Å². The van der Waals surface area contributed by atoms with Gasteiger partial charge in [0, 0.05) is 24.5 Å². The van der Waals surface area contributed by atoms with Gasteiger partial charge in [-0.15, -0.1) is 11.3 Å². The minimum Gasteiger partial charge on any atom is -0.349 e. The Balaban J connectivity index is 2.82. The molecule has 0 fully saturated rings. The summed E-state index contributed by atoms with van der Waals surface area (Å²) >= 11 is 1.85. The summed E-state index contributed by atoms with van der Waals surface area (Å²) in [7, 11) is 0. The fourth-order valence-electron chi connectivity index (χ4n) is 2.03. The van der Waals surface area contributed by atoms with Crippen LogP contribution in [0.2, 0.25) is 0 Å². The van der Waals surface area contributed by atoms with Gasteiger partial charge in [-0.1, -0.05) is 27.7 Å². The quantitative estimate of drug-likeness (QED) is 0.785. The summed E-state index contributed by atoms with van der Waals surface area (Å²) in [6.07, 6.45) is 0. The van der Waals surface area contributed by atoms with Crippen LogP contribution in [0, 0.1) is 5.92 Å². The highest BCUT2D eigenvalue weighted by Gasteiger charge is 2.16. The van der Waals surface area contributed by atoms with Crippen molar-refractivity contribution in [2.75, 3.05) is 24.5 Å². The smallest absolute Gasteiger partial charge is 0.185 e. The zero-order valence-corrected chi connectivity index (χ0v) is 14.1. The third-order valence-corrected chi connectivity index (χ3v) is 4.27.